The monoisotopic (exact) mass is 295 g/mol. The normalized spacial score (nSPS) is 19.6. The quantitative estimate of drug-likeness (QED) is 0.864. The van der Waals surface area contributed by atoms with Crippen LogP contribution >= 0.6 is 11.3 Å². The van der Waals surface area contributed by atoms with Gasteiger partial charge in [-0.05, 0) is 25.2 Å². The first-order valence-electron chi connectivity index (χ1n) is 8.01. The fraction of sp³-hybridized carbons (Fsp3) is 0.812. The first kappa shape index (κ1) is 15.8. The summed E-state index contributed by atoms with van der Waals surface area (Å²) in [6.45, 7) is 13.4. The van der Waals surface area contributed by atoms with E-state index in [4.69, 9.17) is 4.98 Å². The second-order valence-corrected chi connectivity index (χ2v) is 7.46. The van der Waals surface area contributed by atoms with Gasteiger partial charge in [0.2, 0.25) is 0 Å². The van der Waals surface area contributed by atoms with Gasteiger partial charge in [-0.25, -0.2) is 4.98 Å². The molecule has 0 amide bonds. The Morgan fingerprint density at radius 2 is 2.10 bits per heavy atom. The SMILES string of the molecule is CCc1nc(N2CCCC2C(C)C)sc1CNC(C)C. The number of nitrogens with zero attached hydrogens (tertiary/aromatic N) is 2. The maximum atomic E-state index is 4.93. The molecule has 1 atom stereocenters. The van der Waals surface area contributed by atoms with Crippen LogP contribution in [0.2, 0.25) is 0 Å². The molecular formula is C16H29N3S. The molecule has 1 aromatic heterocycles. The van der Waals surface area contributed by atoms with Crippen molar-refractivity contribution >= 4 is 16.5 Å². The second kappa shape index (κ2) is 6.90. The zero-order chi connectivity index (χ0) is 14.7. The molecule has 0 spiro atoms. The number of thiazole rings is 1. The van der Waals surface area contributed by atoms with Gasteiger partial charge < -0.3 is 10.2 Å². The third kappa shape index (κ3) is 3.53. The molecule has 0 bridgehead atoms. The molecule has 1 N–H and O–H groups in total. The van der Waals surface area contributed by atoms with Gasteiger partial charge in [-0.2, -0.15) is 0 Å². The van der Waals surface area contributed by atoms with E-state index in [0.29, 0.717) is 18.0 Å². The van der Waals surface area contributed by atoms with E-state index >= 15 is 0 Å². The lowest BCUT2D eigenvalue weighted by Crippen LogP contribution is -2.33. The van der Waals surface area contributed by atoms with E-state index in [-0.39, 0.29) is 0 Å². The van der Waals surface area contributed by atoms with Crippen LogP contribution in [0.15, 0.2) is 0 Å². The predicted molar refractivity (Wildman–Crippen MR) is 88.7 cm³/mol. The van der Waals surface area contributed by atoms with Gasteiger partial charge in [-0.1, -0.05) is 34.6 Å². The third-order valence-electron chi connectivity index (χ3n) is 4.09. The van der Waals surface area contributed by atoms with E-state index < -0.39 is 0 Å². The van der Waals surface area contributed by atoms with Crippen LogP contribution < -0.4 is 10.2 Å². The molecule has 2 rings (SSSR count). The van der Waals surface area contributed by atoms with Crippen molar-refractivity contribution in [1.82, 2.24) is 10.3 Å². The zero-order valence-electron chi connectivity index (χ0n) is 13.6. The second-order valence-electron chi connectivity index (χ2n) is 6.40. The summed E-state index contributed by atoms with van der Waals surface area (Å²) in [5.41, 5.74) is 1.28. The van der Waals surface area contributed by atoms with Crippen molar-refractivity contribution in [2.24, 2.45) is 5.92 Å². The molecule has 1 aliphatic heterocycles. The fourth-order valence-corrected chi connectivity index (χ4v) is 4.11. The molecule has 3 nitrogen and oxygen atoms in total. The van der Waals surface area contributed by atoms with E-state index in [2.05, 4.69) is 44.8 Å². The van der Waals surface area contributed by atoms with Crippen LogP contribution in [0, 0.1) is 5.92 Å². The maximum Gasteiger partial charge on any atom is 0.186 e. The molecule has 0 saturated carbocycles. The van der Waals surface area contributed by atoms with Crippen molar-refractivity contribution in [3.63, 3.8) is 0 Å². The van der Waals surface area contributed by atoms with Crippen molar-refractivity contribution in [2.75, 3.05) is 11.4 Å². The summed E-state index contributed by atoms with van der Waals surface area (Å²) >= 11 is 1.90. The van der Waals surface area contributed by atoms with Gasteiger partial charge >= 0.3 is 0 Å². The minimum absolute atomic E-state index is 0.528. The molecule has 0 radical (unpaired) electrons. The Hall–Kier alpha value is -0.610. The molecule has 1 unspecified atom stereocenters. The van der Waals surface area contributed by atoms with E-state index in [1.54, 1.807) is 0 Å². The van der Waals surface area contributed by atoms with Gasteiger partial charge in [-0.15, -0.1) is 11.3 Å². The van der Waals surface area contributed by atoms with Crippen LogP contribution in [0.25, 0.3) is 0 Å². The van der Waals surface area contributed by atoms with E-state index in [1.807, 2.05) is 11.3 Å². The smallest absolute Gasteiger partial charge is 0.186 e. The molecule has 1 aromatic rings. The van der Waals surface area contributed by atoms with Crippen molar-refractivity contribution in [2.45, 2.75) is 72.5 Å². The molecule has 1 aliphatic rings. The highest BCUT2D eigenvalue weighted by atomic mass is 32.1. The zero-order valence-corrected chi connectivity index (χ0v) is 14.4. The van der Waals surface area contributed by atoms with Gasteiger partial charge in [-0.3, -0.25) is 0 Å². The Bertz CT molecular complexity index is 425. The van der Waals surface area contributed by atoms with Crippen molar-refractivity contribution in [3.05, 3.63) is 10.6 Å². The van der Waals surface area contributed by atoms with E-state index in [9.17, 15) is 0 Å². The number of hydrogen-bond acceptors (Lipinski definition) is 4. The molecular weight excluding hydrogens is 266 g/mol. The predicted octanol–water partition coefficient (Wildman–Crippen LogP) is 3.83. The van der Waals surface area contributed by atoms with Gasteiger partial charge in [0.15, 0.2) is 5.13 Å². The highest BCUT2D eigenvalue weighted by molar-refractivity contribution is 7.15. The fourth-order valence-electron chi connectivity index (χ4n) is 2.93. The number of anilines is 1. The molecule has 1 saturated heterocycles. The van der Waals surface area contributed by atoms with Crippen molar-refractivity contribution < 1.29 is 0 Å². The molecule has 20 heavy (non-hydrogen) atoms. The Morgan fingerprint density at radius 3 is 2.70 bits per heavy atom. The van der Waals surface area contributed by atoms with E-state index in [1.165, 1.54) is 35.1 Å². The number of aryl methyl sites for hydroxylation is 1. The Labute approximate surface area is 127 Å². The van der Waals surface area contributed by atoms with Gasteiger partial charge in [0.05, 0.1) is 5.69 Å². The van der Waals surface area contributed by atoms with E-state index in [0.717, 1.165) is 13.0 Å². The average molecular weight is 295 g/mol. The number of hydrogen-bond donors (Lipinski definition) is 1. The summed E-state index contributed by atoms with van der Waals surface area (Å²) in [6, 6.07) is 1.21. The number of nitrogens with one attached hydrogen (secondary N) is 1. The third-order valence-corrected chi connectivity index (χ3v) is 5.22. The Balaban J connectivity index is 2.16. The Kier molecular flexibility index (Phi) is 5.44. The summed E-state index contributed by atoms with van der Waals surface area (Å²) in [5.74, 6) is 0.712. The maximum absolute atomic E-state index is 4.93. The largest absolute Gasteiger partial charge is 0.345 e. The summed E-state index contributed by atoms with van der Waals surface area (Å²) in [6.07, 6.45) is 3.66. The average Bonchev–Trinajstić information content (AvgIpc) is 3.02. The summed E-state index contributed by atoms with van der Waals surface area (Å²) in [5, 5.41) is 4.77. The van der Waals surface area contributed by atoms with Crippen molar-refractivity contribution in [3.8, 4) is 0 Å². The van der Waals surface area contributed by atoms with Crippen LogP contribution in [0.3, 0.4) is 0 Å². The minimum atomic E-state index is 0.528. The lowest BCUT2D eigenvalue weighted by atomic mass is 10.0. The van der Waals surface area contributed by atoms with Gasteiger partial charge in [0, 0.05) is 30.1 Å². The van der Waals surface area contributed by atoms with Gasteiger partial charge in [0.1, 0.15) is 0 Å². The minimum Gasteiger partial charge on any atom is -0.345 e. The van der Waals surface area contributed by atoms with Gasteiger partial charge in [0.25, 0.3) is 0 Å². The standard InChI is InChI=1S/C16H29N3S/c1-6-13-15(10-17-12(4)5)20-16(18-13)19-9-7-8-14(19)11(2)3/h11-12,14,17H,6-10H2,1-5H3. The van der Waals surface area contributed by atoms with Crippen LogP contribution in [0.1, 0.15) is 58.0 Å². The molecule has 0 aliphatic carbocycles. The molecule has 0 aromatic carbocycles. The number of aromatic nitrogens is 1. The van der Waals surface area contributed by atoms with Crippen LogP contribution in [0.4, 0.5) is 5.13 Å². The van der Waals surface area contributed by atoms with Crippen LogP contribution in [-0.2, 0) is 13.0 Å². The summed E-state index contributed by atoms with van der Waals surface area (Å²) in [4.78, 5) is 8.90. The molecule has 4 heteroatoms. The summed E-state index contributed by atoms with van der Waals surface area (Å²) in [7, 11) is 0. The lowest BCUT2D eigenvalue weighted by Gasteiger charge is -2.27. The van der Waals surface area contributed by atoms with Crippen molar-refractivity contribution in [1.29, 1.82) is 0 Å². The highest BCUT2D eigenvalue weighted by Crippen LogP contribution is 2.34. The first-order valence-corrected chi connectivity index (χ1v) is 8.83. The lowest BCUT2D eigenvalue weighted by molar-refractivity contribution is 0.491. The van der Waals surface area contributed by atoms with Crippen LogP contribution in [-0.4, -0.2) is 23.6 Å². The molecule has 2 heterocycles. The van der Waals surface area contributed by atoms with Crippen LogP contribution in [0.5, 0.6) is 0 Å². The molecule has 1 fully saturated rings. The summed E-state index contributed by atoms with van der Waals surface area (Å²) < 4.78 is 0. The topological polar surface area (TPSA) is 28.2 Å². The first-order chi connectivity index (χ1) is 9.52. The number of rotatable bonds is 6. The molecule has 114 valence electrons. The Morgan fingerprint density at radius 1 is 1.35 bits per heavy atom. The highest BCUT2D eigenvalue weighted by Gasteiger charge is 2.29.